The van der Waals surface area contributed by atoms with Crippen molar-refractivity contribution in [1.29, 1.82) is 0 Å². The maximum Gasteiger partial charge on any atom is 0.0887 e. The van der Waals surface area contributed by atoms with Crippen molar-refractivity contribution in [3.63, 3.8) is 0 Å². The molecular weight excluding hydrogens is 358 g/mol. The van der Waals surface area contributed by atoms with Gasteiger partial charge in [-0.15, -0.1) is 11.3 Å². The van der Waals surface area contributed by atoms with Crippen LogP contribution in [0.15, 0.2) is 9.85 Å². The van der Waals surface area contributed by atoms with E-state index in [0.29, 0.717) is 12.1 Å². The summed E-state index contributed by atoms with van der Waals surface area (Å²) in [5, 5.41) is 4.46. The molecule has 1 saturated heterocycles. The first-order valence-corrected chi connectivity index (χ1v) is 9.49. The third kappa shape index (κ3) is 4.99. The van der Waals surface area contributed by atoms with Crippen LogP contribution in [0.4, 0.5) is 0 Å². The van der Waals surface area contributed by atoms with Crippen LogP contribution >= 0.6 is 38.9 Å². The number of thiophene rings is 1. The molecule has 0 bridgehead atoms. The van der Waals surface area contributed by atoms with E-state index in [4.69, 9.17) is 16.3 Å². The molecule has 1 N–H and O–H groups in total. The van der Waals surface area contributed by atoms with Crippen LogP contribution in [0.25, 0.3) is 0 Å². The number of ether oxygens (including phenoxy) is 1. The first-order chi connectivity index (χ1) is 9.70. The summed E-state index contributed by atoms with van der Waals surface area (Å²) in [7, 11) is 0. The van der Waals surface area contributed by atoms with Crippen molar-refractivity contribution < 1.29 is 4.74 Å². The van der Waals surface area contributed by atoms with Gasteiger partial charge in [0.1, 0.15) is 0 Å². The van der Waals surface area contributed by atoms with E-state index in [1.165, 1.54) is 24.1 Å². The number of hydrogen-bond acceptors (Lipinski definition) is 3. The summed E-state index contributed by atoms with van der Waals surface area (Å²) in [6.07, 6.45) is 7.61. The third-order valence-electron chi connectivity index (χ3n) is 3.70. The van der Waals surface area contributed by atoms with Crippen molar-refractivity contribution in [2.45, 2.75) is 57.6 Å². The summed E-state index contributed by atoms with van der Waals surface area (Å²) in [5.41, 5.74) is 0. The average Bonchev–Trinajstić information content (AvgIpc) is 2.80. The Morgan fingerprint density at radius 1 is 1.55 bits per heavy atom. The van der Waals surface area contributed by atoms with Crippen molar-refractivity contribution in [2.24, 2.45) is 0 Å². The predicted octanol–water partition coefficient (Wildman–Crippen LogP) is 5.55. The lowest BCUT2D eigenvalue weighted by molar-refractivity contribution is 0.00860. The third-order valence-corrected chi connectivity index (χ3v) is 6.29. The zero-order chi connectivity index (χ0) is 14.4. The Balaban J connectivity index is 1.92. The molecule has 0 radical (unpaired) electrons. The summed E-state index contributed by atoms with van der Waals surface area (Å²) in [6.45, 7) is 4.18. The van der Waals surface area contributed by atoms with E-state index in [-0.39, 0.29) is 0 Å². The Morgan fingerprint density at radius 2 is 2.40 bits per heavy atom. The van der Waals surface area contributed by atoms with Crippen LogP contribution in [0.5, 0.6) is 0 Å². The highest BCUT2D eigenvalue weighted by molar-refractivity contribution is 9.11. The van der Waals surface area contributed by atoms with Gasteiger partial charge >= 0.3 is 0 Å². The lowest BCUT2D eigenvalue weighted by Crippen LogP contribution is -2.25. The van der Waals surface area contributed by atoms with Gasteiger partial charge in [-0.3, -0.25) is 0 Å². The molecular formula is C15H23BrClNOS. The first kappa shape index (κ1) is 16.8. The quantitative estimate of drug-likeness (QED) is 0.669. The molecule has 1 aliphatic rings. The molecule has 2 nitrogen and oxygen atoms in total. The van der Waals surface area contributed by atoms with Crippen LogP contribution in [-0.2, 0) is 4.74 Å². The topological polar surface area (TPSA) is 21.3 Å². The summed E-state index contributed by atoms with van der Waals surface area (Å²) in [4.78, 5) is 1.33. The molecule has 114 valence electrons. The summed E-state index contributed by atoms with van der Waals surface area (Å²) in [6, 6.07) is 2.49. The zero-order valence-corrected chi connectivity index (χ0v) is 15.1. The molecule has 2 atom stereocenters. The summed E-state index contributed by atoms with van der Waals surface area (Å²) < 4.78 is 6.87. The van der Waals surface area contributed by atoms with Crippen molar-refractivity contribution >= 4 is 38.9 Å². The first-order valence-electron chi connectivity index (χ1n) is 7.50. The van der Waals surface area contributed by atoms with E-state index < -0.39 is 0 Å². The van der Waals surface area contributed by atoms with Gasteiger partial charge in [-0.05, 0) is 67.1 Å². The van der Waals surface area contributed by atoms with Gasteiger partial charge in [0.25, 0.3) is 0 Å². The fourth-order valence-corrected chi connectivity index (χ4v) is 4.44. The van der Waals surface area contributed by atoms with Crippen LogP contribution in [0.3, 0.4) is 0 Å². The minimum Gasteiger partial charge on any atom is -0.378 e. The lowest BCUT2D eigenvalue weighted by atomic mass is 10.0. The maximum absolute atomic E-state index is 6.17. The Hall–Kier alpha value is 0.390. The molecule has 0 spiro atoms. The van der Waals surface area contributed by atoms with Crippen LogP contribution in [0.1, 0.15) is 56.4 Å². The Labute approximate surface area is 139 Å². The molecule has 1 fully saturated rings. The van der Waals surface area contributed by atoms with Crippen molar-refractivity contribution in [3.05, 3.63) is 19.8 Å². The van der Waals surface area contributed by atoms with Gasteiger partial charge in [-0.2, -0.15) is 0 Å². The van der Waals surface area contributed by atoms with Gasteiger partial charge < -0.3 is 10.1 Å². The van der Waals surface area contributed by atoms with Crippen LogP contribution in [-0.4, -0.2) is 19.3 Å². The highest BCUT2D eigenvalue weighted by Crippen LogP contribution is 2.37. The molecule has 1 aliphatic heterocycles. The van der Waals surface area contributed by atoms with Crippen LogP contribution in [0, 0.1) is 0 Å². The molecule has 2 rings (SSSR count). The molecule has 0 aromatic carbocycles. The Bertz CT molecular complexity index is 387. The van der Waals surface area contributed by atoms with Gasteiger partial charge in [0, 0.05) is 17.5 Å². The number of nitrogens with one attached hydrogen (secondary N) is 1. The molecule has 2 heterocycles. The lowest BCUT2D eigenvalue weighted by Gasteiger charge is -2.25. The second-order valence-corrected chi connectivity index (χ2v) is 8.15. The molecule has 20 heavy (non-hydrogen) atoms. The summed E-state index contributed by atoms with van der Waals surface area (Å²) in [5.74, 6) is 0. The predicted molar refractivity (Wildman–Crippen MR) is 90.9 cm³/mol. The molecule has 5 heteroatoms. The minimum atomic E-state index is 0.397. The van der Waals surface area contributed by atoms with Crippen molar-refractivity contribution in [2.75, 3.05) is 13.2 Å². The van der Waals surface area contributed by atoms with Gasteiger partial charge in [0.15, 0.2) is 0 Å². The molecule has 2 unspecified atom stereocenters. The molecule has 1 aromatic heterocycles. The second-order valence-electron chi connectivity index (χ2n) is 5.34. The van der Waals surface area contributed by atoms with Crippen LogP contribution < -0.4 is 5.32 Å². The number of hydrogen-bond donors (Lipinski definition) is 1. The monoisotopic (exact) mass is 379 g/mol. The average molecular weight is 381 g/mol. The maximum atomic E-state index is 6.17. The minimum absolute atomic E-state index is 0.397. The standard InChI is InChI=1S/C15H23BrClNOS/c1-2-8-18-13(14-10-12(17)15(16)20-14)7-6-11-5-3-4-9-19-11/h10-11,13,18H,2-9H2,1H3. The van der Waals surface area contributed by atoms with E-state index in [1.807, 2.05) is 0 Å². The second kappa shape index (κ2) is 8.74. The van der Waals surface area contributed by atoms with Gasteiger partial charge in [0.2, 0.25) is 0 Å². The van der Waals surface area contributed by atoms with E-state index in [9.17, 15) is 0 Å². The SMILES string of the molecule is CCCNC(CCC1CCCCO1)c1cc(Cl)c(Br)s1. The summed E-state index contributed by atoms with van der Waals surface area (Å²) >= 11 is 11.4. The van der Waals surface area contributed by atoms with Gasteiger partial charge in [-0.1, -0.05) is 18.5 Å². The van der Waals surface area contributed by atoms with Crippen molar-refractivity contribution in [3.8, 4) is 0 Å². The smallest absolute Gasteiger partial charge is 0.0887 e. The van der Waals surface area contributed by atoms with Crippen LogP contribution in [0.2, 0.25) is 5.02 Å². The van der Waals surface area contributed by atoms with E-state index in [1.54, 1.807) is 11.3 Å². The largest absolute Gasteiger partial charge is 0.378 e. The normalized spacial score (nSPS) is 21.1. The molecule has 0 amide bonds. The highest BCUT2D eigenvalue weighted by Gasteiger charge is 2.19. The molecule has 1 aromatic rings. The van der Waals surface area contributed by atoms with Gasteiger partial charge in [-0.25, -0.2) is 0 Å². The fourth-order valence-electron chi connectivity index (χ4n) is 2.59. The van der Waals surface area contributed by atoms with E-state index in [2.05, 4.69) is 34.2 Å². The molecule has 0 aliphatic carbocycles. The van der Waals surface area contributed by atoms with E-state index in [0.717, 1.165) is 41.2 Å². The molecule has 0 saturated carbocycles. The zero-order valence-electron chi connectivity index (χ0n) is 12.0. The van der Waals surface area contributed by atoms with Gasteiger partial charge in [0.05, 0.1) is 14.9 Å². The Kier molecular flexibility index (Phi) is 7.32. The highest BCUT2D eigenvalue weighted by atomic mass is 79.9. The Morgan fingerprint density at radius 3 is 3.00 bits per heavy atom. The van der Waals surface area contributed by atoms with Crippen molar-refractivity contribution in [1.82, 2.24) is 5.32 Å². The van der Waals surface area contributed by atoms with E-state index >= 15 is 0 Å². The number of halogens is 2. The number of rotatable bonds is 7. The fraction of sp³-hybridized carbons (Fsp3) is 0.733.